The second-order valence-corrected chi connectivity index (χ2v) is 3.58. The first kappa shape index (κ1) is 10.5. The molecule has 8 heteroatoms. The Kier molecular flexibility index (Phi) is 3.08. The summed E-state index contributed by atoms with van der Waals surface area (Å²) in [6, 6.07) is 0.348. The van der Waals surface area contributed by atoms with Gasteiger partial charge in [0.15, 0.2) is 0 Å². The number of tetrazole rings is 1. The van der Waals surface area contributed by atoms with Crippen LogP contribution in [0.2, 0.25) is 0 Å². The summed E-state index contributed by atoms with van der Waals surface area (Å²) in [4.78, 5) is 22.5. The van der Waals surface area contributed by atoms with Crippen LogP contribution in [0.4, 0.5) is 0 Å². The van der Waals surface area contributed by atoms with E-state index in [9.17, 15) is 9.59 Å². The number of hydrogen-bond donors (Lipinski definition) is 3. The van der Waals surface area contributed by atoms with E-state index in [1.54, 1.807) is 0 Å². The van der Waals surface area contributed by atoms with E-state index in [4.69, 9.17) is 0 Å². The maximum absolute atomic E-state index is 11.3. The lowest BCUT2D eigenvalue weighted by Crippen LogP contribution is -2.32. The Morgan fingerprint density at radius 3 is 2.88 bits per heavy atom. The lowest BCUT2D eigenvalue weighted by molar-refractivity contribution is -0.121. The molecule has 8 nitrogen and oxygen atoms in total. The van der Waals surface area contributed by atoms with E-state index < -0.39 is 5.91 Å². The van der Waals surface area contributed by atoms with E-state index in [-0.39, 0.29) is 24.7 Å². The van der Waals surface area contributed by atoms with Crippen LogP contribution >= 0.6 is 0 Å². The molecule has 0 aromatic carbocycles. The van der Waals surface area contributed by atoms with Crippen molar-refractivity contribution in [2.45, 2.75) is 25.3 Å². The van der Waals surface area contributed by atoms with Gasteiger partial charge in [0.25, 0.3) is 11.7 Å². The van der Waals surface area contributed by atoms with Gasteiger partial charge in [-0.05, 0) is 18.1 Å². The van der Waals surface area contributed by atoms with E-state index in [1.165, 1.54) is 0 Å². The van der Waals surface area contributed by atoms with E-state index in [1.807, 2.05) is 0 Å². The molecule has 16 heavy (non-hydrogen) atoms. The largest absolute Gasteiger partial charge is 0.353 e. The zero-order valence-corrected chi connectivity index (χ0v) is 8.56. The van der Waals surface area contributed by atoms with Crippen molar-refractivity contribution in [3.05, 3.63) is 5.82 Å². The van der Waals surface area contributed by atoms with Crippen LogP contribution in [0.25, 0.3) is 0 Å². The van der Waals surface area contributed by atoms with Crippen LogP contribution in [-0.2, 0) is 4.79 Å². The Hall–Kier alpha value is -1.99. The second kappa shape index (κ2) is 4.69. The average molecular weight is 224 g/mol. The number of hydrogen-bond acceptors (Lipinski definition) is 5. The van der Waals surface area contributed by atoms with Gasteiger partial charge in [0.05, 0.1) is 0 Å². The molecule has 0 atom stereocenters. The number of amides is 2. The Morgan fingerprint density at radius 1 is 1.44 bits per heavy atom. The van der Waals surface area contributed by atoms with Gasteiger partial charge in [0.1, 0.15) is 0 Å². The summed E-state index contributed by atoms with van der Waals surface area (Å²) in [5.74, 6) is -0.508. The van der Waals surface area contributed by atoms with Gasteiger partial charge in [0, 0.05) is 19.0 Å². The topological polar surface area (TPSA) is 113 Å². The number of aromatic amines is 1. The van der Waals surface area contributed by atoms with Crippen LogP contribution in [0.5, 0.6) is 0 Å². The van der Waals surface area contributed by atoms with Gasteiger partial charge in [-0.2, -0.15) is 5.21 Å². The van der Waals surface area contributed by atoms with Crippen LogP contribution in [0, 0.1) is 0 Å². The Balaban J connectivity index is 1.63. The maximum atomic E-state index is 11.3. The predicted octanol–water partition coefficient (Wildman–Crippen LogP) is -1.40. The number of carbonyl (C=O) groups excluding carboxylic acids is 2. The van der Waals surface area contributed by atoms with Crippen LogP contribution in [-0.4, -0.2) is 45.0 Å². The van der Waals surface area contributed by atoms with Crippen molar-refractivity contribution in [1.82, 2.24) is 31.3 Å². The number of nitrogens with one attached hydrogen (secondary N) is 3. The molecule has 1 aliphatic carbocycles. The predicted molar refractivity (Wildman–Crippen MR) is 52.3 cm³/mol. The molecule has 2 rings (SSSR count). The minimum absolute atomic E-state index is 0.0254. The average Bonchev–Trinajstić information content (AvgIpc) is 2.90. The van der Waals surface area contributed by atoms with Crippen molar-refractivity contribution >= 4 is 11.8 Å². The monoisotopic (exact) mass is 224 g/mol. The highest BCUT2D eigenvalue weighted by Gasteiger charge is 2.22. The lowest BCUT2D eigenvalue weighted by atomic mass is 10.4. The highest BCUT2D eigenvalue weighted by atomic mass is 16.2. The summed E-state index contributed by atoms with van der Waals surface area (Å²) in [5.41, 5.74) is 0. The minimum atomic E-state index is -0.437. The first-order valence-electron chi connectivity index (χ1n) is 5.06. The standard InChI is InChI=1S/C8H12N6O2/c15-6(10-5-1-2-5)3-4-9-8(16)7-11-13-14-12-7/h5H,1-4H2,(H,9,16)(H,10,15)(H,11,12,13,14). The van der Waals surface area contributed by atoms with Crippen molar-refractivity contribution in [3.8, 4) is 0 Å². The van der Waals surface area contributed by atoms with Gasteiger partial charge in [-0.1, -0.05) is 0 Å². The number of aromatic nitrogens is 4. The summed E-state index contributed by atoms with van der Waals surface area (Å²) < 4.78 is 0. The Morgan fingerprint density at radius 2 is 2.25 bits per heavy atom. The molecule has 0 saturated heterocycles. The molecule has 0 radical (unpaired) electrons. The summed E-state index contributed by atoms with van der Waals surface area (Å²) >= 11 is 0. The fourth-order valence-corrected chi connectivity index (χ4v) is 1.15. The van der Waals surface area contributed by atoms with Gasteiger partial charge in [0.2, 0.25) is 5.91 Å². The summed E-state index contributed by atoms with van der Waals surface area (Å²) in [6.45, 7) is 0.270. The van der Waals surface area contributed by atoms with Crippen molar-refractivity contribution in [2.75, 3.05) is 6.54 Å². The summed E-state index contributed by atoms with van der Waals surface area (Å²) in [5, 5.41) is 17.8. The highest BCUT2D eigenvalue weighted by molar-refractivity contribution is 5.90. The molecular formula is C8H12N6O2. The fraction of sp³-hybridized carbons (Fsp3) is 0.625. The van der Waals surface area contributed by atoms with Gasteiger partial charge in [-0.25, -0.2) is 0 Å². The van der Waals surface area contributed by atoms with E-state index >= 15 is 0 Å². The SMILES string of the molecule is O=C(CCNC(=O)c1nn[nH]n1)NC1CC1. The van der Waals surface area contributed by atoms with Gasteiger partial charge in [-0.15, -0.1) is 10.2 Å². The van der Waals surface area contributed by atoms with Crippen LogP contribution in [0.1, 0.15) is 29.9 Å². The number of rotatable bonds is 5. The first-order chi connectivity index (χ1) is 7.75. The van der Waals surface area contributed by atoms with E-state index in [0.717, 1.165) is 12.8 Å². The van der Waals surface area contributed by atoms with Gasteiger partial charge in [-0.3, -0.25) is 9.59 Å². The lowest BCUT2D eigenvalue weighted by Gasteiger charge is -2.03. The molecule has 3 N–H and O–H groups in total. The van der Waals surface area contributed by atoms with Crippen molar-refractivity contribution in [1.29, 1.82) is 0 Å². The summed E-state index contributed by atoms with van der Waals surface area (Å²) in [6.07, 6.45) is 2.38. The van der Waals surface area contributed by atoms with E-state index in [2.05, 4.69) is 31.3 Å². The molecule has 0 unspecified atom stereocenters. The number of carbonyl (C=O) groups is 2. The van der Waals surface area contributed by atoms with Crippen LogP contribution in [0.15, 0.2) is 0 Å². The molecule has 1 aromatic rings. The molecule has 1 fully saturated rings. The van der Waals surface area contributed by atoms with Gasteiger partial charge >= 0.3 is 0 Å². The minimum Gasteiger partial charge on any atom is -0.353 e. The molecule has 1 heterocycles. The van der Waals surface area contributed by atoms with Crippen molar-refractivity contribution in [3.63, 3.8) is 0 Å². The third-order valence-electron chi connectivity index (χ3n) is 2.13. The first-order valence-corrected chi connectivity index (χ1v) is 5.06. The molecule has 1 saturated carbocycles. The fourth-order valence-electron chi connectivity index (χ4n) is 1.15. The molecule has 1 aliphatic rings. The van der Waals surface area contributed by atoms with Crippen LogP contribution < -0.4 is 10.6 Å². The van der Waals surface area contributed by atoms with Crippen molar-refractivity contribution in [2.24, 2.45) is 0 Å². The third kappa shape index (κ3) is 3.01. The molecular weight excluding hydrogens is 212 g/mol. The maximum Gasteiger partial charge on any atom is 0.292 e. The molecule has 1 aromatic heterocycles. The Bertz CT molecular complexity index is 372. The highest BCUT2D eigenvalue weighted by Crippen LogP contribution is 2.18. The van der Waals surface area contributed by atoms with E-state index in [0.29, 0.717) is 6.04 Å². The quantitative estimate of drug-likeness (QED) is 0.569. The zero-order valence-electron chi connectivity index (χ0n) is 8.56. The normalized spacial score (nSPS) is 14.5. The molecule has 0 aliphatic heterocycles. The number of H-pyrrole nitrogens is 1. The Labute approximate surface area is 91.2 Å². The molecule has 0 bridgehead atoms. The molecule has 0 spiro atoms. The zero-order chi connectivity index (χ0) is 11.4. The summed E-state index contributed by atoms with van der Waals surface area (Å²) in [7, 11) is 0. The molecule has 2 amide bonds. The van der Waals surface area contributed by atoms with Crippen molar-refractivity contribution < 1.29 is 9.59 Å². The van der Waals surface area contributed by atoms with Crippen LogP contribution in [0.3, 0.4) is 0 Å². The smallest absolute Gasteiger partial charge is 0.292 e. The molecule has 86 valence electrons. The second-order valence-electron chi connectivity index (χ2n) is 3.58. The van der Waals surface area contributed by atoms with Gasteiger partial charge < -0.3 is 10.6 Å². The third-order valence-corrected chi connectivity index (χ3v) is 2.13. The number of nitrogens with zero attached hydrogens (tertiary/aromatic N) is 3.